The van der Waals surface area contributed by atoms with E-state index in [0.717, 1.165) is 18.8 Å². The molecule has 0 bridgehead atoms. The highest BCUT2D eigenvalue weighted by Crippen LogP contribution is 2.48. The highest BCUT2D eigenvalue weighted by Gasteiger charge is 2.44. The van der Waals surface area contributed by atoms with Crippen LogP contribution in [0, 0.1) is 0 Å². The van der Waals surface area contributed by atoms with Crippen LogP contribution in [0.1, 0.15) is 42.0 Å². The fourth-order valence-corrected chi connectivity index (χ4v) is 3.76. The molecule has 3 aromatic rings. The summed E-state index contributed by atoms with van der Waals surface area (Å²) in [6.45, 7) is 4.17. The van der Waals surface area contributed by atoms with Gasteiger partial charge >= 0.3 is 0 Å². The maximum absolute atomic E-state index is 6.15. The normalized spacial score (nSPS) is 14.6. The molecule has 0 radical (unpaired) electrons. The van der Waals surface area contributed by atoms with Gasteiger partial charge in [-0.2, -0.15) is 0 Å². The molecule has 1 fully saturated rings. The molecule has 1 aliphatic rings. The van der Waals surface area contributed by atoms with E-state index in [0.29, 0.717) is 13.2 Å². The first-order valence-electron chi connectivity index (χ1n) is 10.2. The standard InChI is InChI=1S/C26H28O2/c1-2-28-25-13-11-24(12-14-25)26(15-16-26)20-27-19-23-10-6-9-22(18-23)17-21-7-4-3-5-8-21/h3-14,18H,2,15-17,19-20H2,1H3. The molecule has 0 saturated heterocycles. The molecule has 144 valence electrons. The molecule has 0 atom stereocenters. The van der Waals surface area contributed by atoms with Crippen LogP contribution in [0.5, 0.6) is 5.75 Å². The number of hydrogen-bond donors (Lipinski definition) is 0. The molecule has 4 rings (SSSR count). The van der Waals surface area contributed by atoms with Crippen molar-refractivity contribution in [3.63, 3.8) is 0 Å². The van der Waals surface area contributed by atoms with Crippen LogP contribution in [0.15, 0.2) is 78.9 Å². The molecule has 28 heavy (non-hydrogen) atoms. The van der Waals surface area contributed by atoms with E-state index in [2.05, 4.69) is 78.9 Å². The smallest absolute Gasteiger partial charge is 0.119 e. The first-order valence-corrected chi connectivity index (χ1v) is 10.2. The summed E-state index contributed by atoms with van der Waals surface area (Å²) in [5.41, 5.74) is 5.49. The van der Waals surface area contributed by atoms with Crippen molar-refractivity contribution in [2.24, 2.45) is 0 Å². The Morgan fingerprint density at radius 3 is 2.21 bits per heavy atom. The van der Waals surface area contributed by atoms with Crippen molar-refractivity contribution in [2.75, 3.05) is 13.2 Å². The minimum Gasteiger partial charge on any atom is -0.494 e. The fourth-order valence-electron chi connectivity index (χ4n) is 3.76. The summed E-state index contributed by atoms with van der Waals surface area (Å²) < 4.78 is 11.7. The van der Waals surface area contributed by atoms with E-state index in [1.165, 1.54) is 35.1 Å². The van der Waals surface area contributed by atoms with Crippen molar-refractivity contribution >= 4 is 0 Å². The Balaban J connectivity index is 1.33. The van der Waals surface area contributed by atoms with Gasteiger partial charge in [0.1, 0.15) is 5.75 Å². The van der Waals surface area contributed by atoms with Crippen molar-refractivity contribution in [1.29, 1.82) is 0 Å². The second-order valence-corrected chi connectivity index (χ2v) is 7.71. The molecule has 0 amide bonds. The fraction of sp³-hybridized carbons (Fsp3) is 0.308. The molecule has 0 aromatic heterocycles. The van der Waals surface area contributed by atoms with E-state index in [4.69, 9.17) is 9.47 Å². The minimum absolute atomic E-state index is 0.201. The molecule has 0 aliphatic heterocycles. The molecule has 2 nitrogen and oxygen atoms in total. The summed E-state index contributed by atoms with van der Waals surface area (Å²) in [7, 11) is 0. The van der Waals surface area contributed by atoms with Gasteiger partial charge in [-0.25, -0.2) is 0 Å². The van der Waals surface area contributed by atoms with Crippen LogP contribution in [0.2, 0.25) is 0 Å². The second-order valence-electron chi connectivity index (χ2n) is 7.71. The van der Waals surface area contributed by atoms with E-state index in [9.17, 15) is 0 Å². The highest BCUT2D eigenvalue weighted by molar-refractivity contribution is 5.36. The van der Waals surface area contributed by atoms with Crippen LogP contribution >= 0.6 is 0 Å². The Labute approximate surface area is 168 Å². The Morgan fingerprint density at radius 1 is 0.786 bits per heavy atom. The molecular weight excluding hydrogens is 344 g/mol. The lowest BCUT2D eigenvalue weighted by molar-refractivity contribution is 0.100. The Kier molecular flexibility index (Phi) is 5.78. The van der Waals surface area contributed by atoms with E-state index >= 15 is 0 Å². The molecule has 0 heterocycles. The summed E-state index contributed by atoms with van der Waals surface area (Å²) >= 11 is 0. The second kappa shape index (κ2) is 8.62. The molecule has 2 heteroatoms. The first-order chi connectivity index (χ1) is 13.8. The first kappa shape index (κ1) is 18.8. The summed E-state index contributed by atoms with van der Waals surface area (Å²) in [4.78, 5) is 0. The zero-order valence-corrected chi connectivity index (χ0v) is 16.6. The van der Waals surface area contributed by atoms with Crippen LogP contribution in [-0.4, -0.2) is 13.2 Å². The largest absolute Gasteiger partial charge is 0.494 e. The van der Waals surface area contributed by atoms with Gasteiger partial charge in [0.05, 0.1) is 19.8 Å². The maximum Gasteiger partial charge on any atom is 0.119 e. The topological polar surface area (TPSA) is 18.5 Å². The number of ether oxygens (including phenoxy) is 2. The predicted octanol–water partition coefficient (Wildman–Crippen LogP) is 5.92. The molecule has 3 aromatic carbocycles. The number of benzene rings is 3. The maximum atomic E-state index is 6.15. The van der Waals surface area contributed by atoms with Gasteiger partial charge in [-0.3, -0.25) is 0 Å². The van der Waals surface area contributed by atoms with Gasteiger partial charge in [-0.05, 0) is 60.6 Å². The van der Waals surface area contributed by atoms with Gasteiger partial charge in [-0.15, -0.1) is 0 Å². The van der Waals surface area contributed by atoms with Crippen LogP contribution in [-0.2, 0) is 23.2 Å². The van der Waals surface area contributed by atoms with Gasteiger partial charge in [0.2, 0.25) is 0 Å². The third kappa shape index (κ3) is 4.63. The molecular formula is C26H28O2. The molecule has 0 N–H and O–H groups in total. The summed E-state index contributed by atoms with van der Waals surface area (Å²) in [6.07, 6.45) is 3.37. The van der Waals surface area contributed by atoms with Gasteiger partial charge in [-0.1, -0.05) is 66.7 Å². The van der Waals surface area contributed by atoms with Gasteiger partial charge in [0, 0.05) is 5.41 Å². The Hall–Kier alpha value is -2.58. The van der Waals surface area contributed by atoms with Crippen molar-refractivity contribution in [2.45, 2.75) is 38.2 Å². The van der Waals surface area contributed by atoms with Crippen molar-refractivity contribution in [3.8, 4) is 5.75 Å². The summed E-state index contributed by atoms with van der Waals surface area (Å²) in [5, 5.41) is 0. The molecule has 1 aliphatic carbocycles. The van der Waals surface area contributed by atoms with Crippen molar-refractivity contribution in [3.05, 3.63) is 101 Å². The molecule has 0 unspecified atom stereocenters. The van der Waals surface area contributed by atoms with Gasteiger partial charge in [0.25, 0.3) is 0 Å². The monoisotopic (exact) mass is 372 g/mol. The Morgan fingerprint density at radius 2 is 1.50 bits per heavy atom. The average Bonchev–Trinajstić information content (AvgIpc) is 3.51. The molecule has 1 saturated carbocycles. The van der Waals surface area contributed by atoms with E-state index in [-0.39, 0.29) is 5.41 Å². The van der Waals surface area contributed by atoms with Gasteiger partial charge < -0.3 is 9.47 Å². The third-order valence-corrected chi connectivity index (χ3v) is 5.52. The predicted molar refractivity (Wildman–Crippen MR) is 114 cm³/mol. The number of rotatable bonds is 9. The Bertz CT molecular complexity index is 880. The lowest BCUT2D eigenvalue weighted by atomic mass is 9.97. The SMILES string of the molecule is CCOc1ccc(C2(COCc3cccc(Cc4ccccc4)c3)CC2)cc1. The van der Waals surface area contributed by atoms with E-state index in [1.54, 1.807) is 0 Å². The van der Waals surface area contributed by atoms with Crippen LogP contribution < -0.4 is 4.74 Å². The van der Waals surface area contributed by atoms with Crippen LogP contribution in [0.3, 0.4) is 0 Å². The zero-order valence-electron chi connectivity index (χ0n) is 16.6. The average molecular weight is 373 g/mol. The van der Waals surface area contributed by atoms with Crippen molar-refractivity contribution < 1.29 is 9.47 Å². The lowest BCUT2D eigenvalue weighted by Gasteiger charge is -2.17. The number of hydrogen-bond acceptors (Lipinski definition) is 2. The quantitative estimate of drug-likeness (QED) is 0.464. The van der Waals surface area contributed by atoms with Crippen LogP contribution in [0.25, 0.3) is 0 Å². The summed E-state index contributed by atoms with van der Waals surface area (Å²) in [6, 6.07) is 27.9. The summed E-state index contributed by atoms with van der Waals surface area (Å²) in [5.74, 6) is 0.943. The third-order valence-electron chi connectivity index (χ3n) is 5.52. The minimum atomic E-state index is 0.201. The molecule has 0 spiro atoms. The van der Waals surface area contributed by atoms with Crippen molar-refractivity contribution in [1.82, 2.24) is 0 Å². The van der Waals surface area contributed by atoms with E-state index in [1.807, 2.05) is 6.92 Å². The lowest BCUT2D eigenvalue weighted by Crippen LogP contribution is -2.15. The van der Waals surface area contributed by atoms with Crippen LogP contribution in [0.4, 0.5) is 0 Å². The highest BCUT2D eigenvalue weighted by atomic mass is 16.5. The van der Waals surface area contributed by atoms with Gasteiger partial charge in [0.15, 0.2) is 0 Å². The van der Waals surface area contributed by atoms with E-state index < -0.39 is 0 Å². The zero-order chi connectivity index (χ0) is 19.2.